The summed E-state index contributed by atoms with van der Waals surface area (Å²) in [5, 5.41) is 19.7. The minimum absolute atomic E-state index is 0.00472. The van der Waals surface area contributed by atoms with Gasteiger partial charge in [0.15, 0.2) is 0 Å². The second kappa shape index (κ2) is 4.97. The number of carbonyl (C=O) groups is 1. The second-order valence-electron chi connectivity index (χ2n) is 4.97. The van der Waals surface area contributed by atoms with Crippen LogP contribution in [0.4, 0.5) is 5.69 Å². The molecule has 1 unspecified atom stereocenters. The summed E-state index contributed by atoms with van der Waals surface area (Å²) in [6, 6.07) is 5.17. The summed E-state index contributed by atoms with van der Waals surface area (Å²) in [5.41, 5.74) is 1.59. The van der Waals surface area contributed by atoms with Crippen LogP contribution in [0, 0.1) is 23.0 Å². The lowest BCUT2D eigenvalue weighted by molar-refractivity contribution is -0.385. The van der Waals surface area contributed by atoms with Crippen LogP contribution in [0.25, 0.3) is 0 Å². The first-order valence-corrected chi connectivity index (χ1v) is 6.12. The highest BCUT2D eigenvalue weighted by Gasteiger charge is 2.35. The third-order valence-corrected chi connectivity index (χ3v) is 3.72. The molecule has 6 heteroatoms. The molecule has 1 aromatic carbocycles. The van der Waals surface area contributed by atoms with Crippen molar-refractivity contribution in [2.45, 2.75) is 19.9 Å². The zero-order chi connectivity index (χ0) is 14.2. The summed E-state index contributed by atoms with van der Waals surface area (Å²) < 4.78 is 0. The Hall–Kier alpha value is -1.95. The number of hydrogen-bond donors (Lipinski definition) is 1. The largest absolute Gasteiger partial charge is 0.481 e. The molecule has 0 spiro atoms. The van der Waals surface area contributed by atoms with Crippen LogP contribution in [0.5, 0.6) is 0 Å². The van der Waals surface area contributed by atoms with Crippen LogP contribution < -0.4 is 0 Å². The Morgan fingerprint density at radius 2 is 2.16 bits per heavy atom. The normalized spacial score (nSPS) is 17.8. The quantitative estimate of drug-likeness (QED) is 0.664. The maximum atomic E-state index is 10.9. The van der Waals surface area contributed by atoms with Crippen molar-refractivity contribution in [1.82, 2.24) is 4.90 Å². The van der Waals surface area contributed by atoms with Gasteiger partial charge in [-0.2, -0.15) is 0 Å². The molecule has 1 saturated heterocycles. The first-order chi connectivity index (χ1) is 8.90. The van der Waals surface area contributed by atoms with E-state index in [1.54, 1.807) is 19.1 Å². The fourth-order valence-electron chi connectivity index (χ4n) is 2.28. The van der Waals surface area contributed by atoms with Crippen molar-refractivity contribution >= 4 is 11.7 Å². The minimum atomic E-state index is -0.779. The van der Waals surface area contributed by atoms with Gasteiger partial charge in [0.2, 0.25) is 0 Å². The number of aryl methyl sites for hydroxylation is 1. The maximum Gasteiger partial charge on any atom is 0.309 e. The molecular weight excluding hydrogens is 248 g/mol. The number of aliphatic carboxylic acids is 1. The number of carboxylic acids is 1. The van der Waals surface area contributed by atoms with Crippen molar-refractivity contribution in [3.8, 4) is 0 Å². The molecule has 1 aromatic rings. The van der Waals surface area contributed by atoms with E-state index < -0.39 is 5.97 Å². The van der Waals surface area contributed by atoms with Gasteiger partial charge in [-0.05, 0) is 19.4 Å². The lowest BCUT2D eigenvalue weighted by atomic mass is 9.94. The van der Waals surface area contributed by atoms with Crippen LogP contribution in [0.3, 0.4) is 0 Å². The Kier molecular flexibility index (Phi) is 3.53. The van der Waals surface area contributed by atoms with Crippen molar-refractivity contribution < 1.29 is 14.8 Å². The molecule has 1 aliphatic heterocycles. The van der Waals surface area contributed by atoms with Gasteiger partial charge in [0.1, 0.15) is 0 Å². The van der Waals surface area contributed by atoms with Gasteiger partial charge in [-0.1, -0.05) is 12.1 Å². The second-order valence-corrected chi connectivity index (χ2v) is 4.97. The van der Waals surface area contributed by atoms with Crippen LogP contribution in [0.1, 0.15) is 24.1 Å². The number of nitrogens with zero attached hydrogens (tertiary/aromatic N) is 2. The van der Waals surface area contributed by atoms with Crippen molar-refractivity contribution in [2.24, 2.45) is 5.92 Å². The average molecular weight is 264 g/mol. The smallest absolute Gasteiger partial charge is 0.309 e. The van der Waals surface area contributed by atoms with Crippen LogP contribution in [-0.2, 0) is 4.79 Å². The molecule has 19 heavy (non-hydrogen) atoms. The monoisotopic (exact) mass is 264 g/mol. The molecular formula is C13H16N2O4. The van der Waals surface area contributed by atoms with Gasteiger partial charge in [-0.25, -0.2) is 0 Å². The topological polar surface area (TPSA) is 83.7 Å². The molecule has 0 amide bonds. The number of rotatable bonds is 4. The molecule has 0 bridgehead atoms. The van der Waals surface area contributed by atoms with Gasteiger partial charge in [0.25, 0.3) is 5.69 Å². The van der Waals surface area contributed by atoms with Crippen molar-refractivity contribution in [3.63, 3.8) is 0 Å². The van der Waals surface area contributed by atoms with E-state index in [2.05, 4.69) is 0 Å². The van der Waals surface area contributed by atoms with Crippen LogP contribution >= 0.6 is 0 Å². The molecule has 0 aliphatic carbocycles. The first-order valence-electron chi connectivity index (χ1n) is 6.12. The van der Waals surface area contributed by atoms with E-state index in [0.717, 1.165) is 5.56 Å². The lowest BCUT2D eigenvalue weighted by Gasteiger charge is -2.41. The predicted molar refractivity (Wildman–Crippen MR) is 68.9 cm³/mol. The Morgan fingerprint density at radius 3 is 2.68 bits per heavy atom. The Balaban J connectivity index is 2.12. The lowest BCUT2D eigenvalue weighted by Crippen LogP contribution is -2.51. The van der Waals surface area contributed by atoms with Crippen LogP contribution in [0.15, 0.2) is 18.2 Å². The molecule has 1 N–H and O–H groups in total. The standard InChI is InChI=1S/C13H16N2O4/c1-8-3-4-10(5-12(8)15(18)19)9(2)14-6-11(7-14)13(16)17/h3-5,9,11H,6-7H2,1-2H3,(H,16,17). The summed E-state index contributed by atoms with van der Waals surface area (Å²) in [7, 11) is 0. The number of benzene rings is 1. The zero-order valence-electron chi connectivity index (χ0n) is 10.9. The molecule has 1 aliphatic rings. The number of carboxylic acid groups (broad SMARTS) is 1. The minimum Gasteiger partial charge on any atom is -0.481 e. The van der Waals surface area contributed by atoms with Gasteiger partial charge >= 0.3 is 5.97 Å². The van der Waals surface area contributed by atoms with Crippen LogP contribution in [-0.4, -0.2) is 34.0 Å². The molecule has 0 radical (unpaired) electrons. The summed E-state index contributed by atoms with van der Waals surface area (Å²) in [6.45, 7) is 4.64. The maximum absolute atomic E-state index is 10.9. The van der Waals surface area contributed by atoms with E-state index in [1.807, 2.05) is 17.9 Å². The Labute approximate surface area is 110 Å². The summed E-state index contributed by atoms with van der Waals surface area (Å²) in [6.07, 6.45) is 0. The van der Waals surface area contributed by atoms with Gasteiger partial charge < -0.3 is 5.11 Å². The average Bonchev–Trinajstić information content (AvgIpc) is 2.26. The SMILES string of the molecule is Cc1ccc(C(C)N2CC(C(=O)O)C2)cc1[N+](=O)[O-]. The number of nitro groups is 1. The number of likely N-dealkylation sites (tertiary alicyclic amines) is 1. The number of hydrogen-bond acceptors (Lipinski definition) is 4. The molecule has 1 fully saturated rings. The summed E-state index contributed by atoms with van der Waals surface area (Å²) >= 11 is 0. The Morgan fingerprint density at radius 1 is 1.53 bits per heavy atom. The Bertz CT molecular complexity index is 523. The molecule has 1 heterocycles. The molecule has 1 atom stereocenters. The summed E-state index contributed by atoms with van der Waals surface area (Å²) in [5.74, 6) is -1.10. The molecule has 102 valence electrons. The molecule has 0 saturated carbocycles. The third kappa shape index (κ3) is 2.58. The fraction of sp³-hybridized carbons (Fsp3) is 0.462. The van der Waals surface area contributed by atoms with Gasteiger partial charge in [-0.15, -0.1) is 0 Å². The van der Waals surface area contributed by atoms with E-state index in [9.17, 15) is 14.9 Å². The van der Waals surface area contributed by atoms with Gasteiger partial charge in [0, 0.05) is 30.8 Å². The van der Waals surface area contributed by atoms with Gasteiger partial charge in [0.05, 0.1) is 10.8 Å². The number of nitro benzene ring substituents is 1. The first kappa shape index (κ1) is 13.5. The van der Waals surface area contributed by atoms with Crippen molar-refractivity contribution in [3.05, 3.63) is 39.4 Å². The molecule has 6 nitrogen and oxygen atoms in total. The predicted octanol–water partition coefficient (Wildman–Crippen LogP) is 1.98. The highest BCUT2D eigenvalue weighted by Crippen LogP contribution is 2.31. The van der Waals surface area contributed by atoms with Crippen LogP contribution in [0.2, 0.25) is 0 Å². The van der Waals surface area contributed by atoms with Crippen molar-refractivity contribution in [1.29, 1.82) is 0 Å². The zero-order valence-corrected chi connectivity index (χ0v) is 10.9. The van der Waals surface area contributed by atoms with E-state index in [0.29, 0.717) is 18.7 Å². The van der Waals surface area contributed by atoms with E-state index in [-0.39, 0.29) is 22.6 Å². The highest BCUT2D eigenvalue weighted by atomic mass is 16.6. The van der Waals surface area contributed by atoms with E-state index in [1.165, 1.54) is 0 Å². The third-order valence-electron chi connectivity index (χ3n) is 3.72. The van der Waals surface area contributed by atoms with E-state index >= 15 is 0 Å². The molecule has 2 rings (SSSR count). The summed E-state index contributed by atoms with van der Waals surface area (Å²) in [4.78, 5) is 23.3. The van der Waals surface area contributed by atoms with Gasteiger partial charge in [-0.3, -0.25) is 19.8 Å². The van der Waals surface area contributed by atoms with E-state index in [4.69, 9.17) is 5.11 Å². The van der Waals surface area contributed by atoms with Crippen molar-refractivity contribution in [2.75, 3.05) is 13.1 Å². The highest BCUT2D eigenvalue weighted by molar-refractivity contribution is 5.71. The molecule has 0 aromatic heterocycles. The fourth-order valence-corrected chi connectivity index (χ4v) is 2.28.